The van der Waals surface area contributed by atoms with E-state index in [0.29, 0.717) is 5.56 Å². The Labute approximate surface area is 135 Å². The third kappa shape index (κ3) is 6.37. The number of aliphatic carboxylic acids is 1. The van der Waals surface area contributed by atoms with Gasteiger partial charge >= 0.3 is 11.9 Å². The number of hydrogen-bond donors (Lipinski definition) is 2. The summed E-state index contributed by atoms with van der Waals surface area (Å²) < 4.78 is 31.9. The highest BCUT2D eigenvalue weighted by atomic mass is 32.2. The van der Waals surface area contributed by atoms with E-state index >= 15 is 0 Å². The van der Waals surface area contributed by atoms with Gasteiger partial charge in [0.05, 0.1) is 18.4 Å². The van der Waals surface area contributed by atoms with Crippen LogP contribution >= 0.6 is 0 Å². The Kier molecular flexibility index (Phi) is 6.28. The molecule has 0 spiro atoms. The Bertz CT molecular complexity index is 681. The quantitative estimate of drug-likeness (QED) is 0.689. The number of carboxylic acids is 1. The van der Waals surface area contributed by atoms with Gasteiger partial charge < -0.3 is 9.84 Å². The van der Waals surface area contributed by atoms with E-state index in [-0.39, 0.29) is 24.2 Å². The lowest BCUT2D eigenvalue weighted by molar-refractivity contribution is -0.140. The van der Waals surface area contributed by atoms with E-state index in [1.54, 1.807) is 19.9 Å². The van der Waals surface area contributed by atoms with Crippen LogP contribution in [0.25, 0.3) is 0 Å². The van der Waals surface area contributed by atoms with Crippen molar-refractivity contribution in [3.8, 4) is 0 Å². The summed E-state index contributed by atoms with van der Waals surface area (Å²) in [6, 6.07) is 5.98. The number of esters is 1. The number of carbonyl (C=O) groups is 2. The lowest BCUT2D eigenvalue weighted by Crippen LogP contribution is -2.43. The first-order valence-corrected chi connectivity index (χ1v) is 8.45. The second kappa shape index (κ2) is 7.56. The van der Waals surface area contributed by atoms with Gasteiger partial charge in [-0.05, 0) is 38.0 Å². The van der Waals surface area contributed by atoms with Crippen LogP contribution in [0.4, 0.5) is 0 Å². The van der Waals surface area contributed by atoms with Gasteiger partial charge in [-0.2, -0.15) is 0 Å². The molecule has 8 heteroatoms. The van der Waals surface area contributed by atoms with Crippen molar-refractivity contribution < 1.29 is 27.9 Å². The Hall–Kier alpha value is -1.93. The van der Waals surface area contributed by atoms with E-state index < -0.39 is 27.5 Å². The number of nitrogens with one attached hydrogen (secondary N) is 1. The zero-order valence-electron chi connectivity index (χ0n) is 13.3. The molecule has 23 heavy (non-hydrogen) atoms. The maximum absolute atomic E-state index is 12.4. The molecular formula is C15H21NO6S. The third-order valence-corrected chi connectivity index (χ3v) is 4.86. The molecule has 1 rings (SSSR count). The van der Waals surface area contributed by atoms with Gasteiger partial charge in [0.2, 0.25) is 10.0 Å². The fraction of sp³-hybridized carbons (Fsp3) is 0.467. The fourth-order valence-corrected chi connectivity index (χ4v) is 3.47. The number of hydrogen-bond acceptors (Lipinski definition) is 5. The first kappa shape index (κ1) is 19.1. The fourth-order valence-electron chi connectivity index (χ4n) is 1.95. The third-order valence-electron chi connectivity index (χ3n) is 3.16. The summed E-state index contributed by atoms with van der Waals surface area (Å²) in [6.45, 7) is 3.23. The van der Waals surface area contributed by atoms with Gasteiger partial charge in [0.15, 0.2) is 0 Å². The summed E-state index contributed by atoms with van der Waals surface area (Å²) in [7, 11) is -2.57. The minimum Gasteiger partial charge on any atom is -0.481 e. The molecule has 128 valence electrons. The molecule has 0 heterocycles. The highest BCUT2D eigenvalue weighted by Crippen LogP contribution is 2.18. The number of methoxy groups -OCH3 is 1. The molecule has 1 aromatic rings. The van der Waals surface area contributed by atoms with E-state index in [0.717, 1.165) is 0 Å². The second-order valence-electron chi connectivity index (χ2n) is 5.78. The molecule has 0 fully saturated rings. The van der Waals surface area contributed by atoms with Gasteiger partial charge in [-0.3, -0.25) is 9.59 Å². The molecule has 0 aliphatic heterocycles. The van der Waals surface area contributed by atoms with Gasteiger partial charge in [-0.1, -0.05) is 12.1 Å². The average Bonchev–Trinajstić information content (AvgIpc) is 2.44. The van der Waals surface area contributed by atoms with Crippen molar-refractivity contribution in [3.63, 3.8) is 0 Å². The molecule has 0 atom stereocenters. The molecule has 0 bridgehead atoms. The van der Waals surface area contributed by atoms with E-state index in [1.165, 1.54) is 25.3 Å². The van der Waals surface area contributed by atoms with Crippen LogP contribution in [0.2, 0.25) is 0 Å². The van der Waals surface area contributed by atoms with Crippen molar-refractivity contribution in [2.75, 3.05) is 7.11 Å². The predicted molar refractivity (Wildman–Crippen MR) is 83.4 cm³/mol. The van der Waals surface area contributed by atoms with Crippen LogP contribution in [0.5, 0.6) is 0 Å². The maximum Gasteiger partial charge on any atom is 0.309 e. The van der Waals surface area contributed by atoms with Gasteiger partial charge in [0, 0.05) is 12.0 Å². The summed E-state index contributed by atoms with van der Waals surface area (Å²) in [5.74, 6) is -1.45. The summed E-state index contributed by atoms with van der Waals surface area (Å²) in [4.78, 5) is 21.9. The predicted octanol–water partition coefficient (Wildman–Crippen LogP) is 1.32. The Morgan fingerprint density at radius 3 is 2.52 bits per heavy atom. The molecule has 7 nitrogen and oxygen atoms in total. The van der Waals surface area contributed by atoms with Crippen molar-refractivity contribution in [1.82, 2.24) is 4.72 Å². The van der Waals surface area contributed by atoms with Crippen molar-refractivity contribution in [3.05, 3.63) is 29.8 Å². The summed E-state index contributed by atoms with van der Waals surface area (Å²) in [6.07, 6.45) is -0.0103. The SMILES string of the molecule is COC(=O)Cc1cccc(S(=O)(=O)NC(C)(C)CCC(=O)O)c1. The van der Waals surface area contributed by atoms with E-state index in [4.69, 9.17) is 5.11 Å². The largest absolute Gasteiger partial charge is 0.481 e. The van der Waals surface area contributed by atoms with Crippen LogP contribution in [0.3, 0.4) is 0 Å². The molecule has 1 aromatic carbocycles. The minimum atomic E-state index is -3.83. The zero-order valence-corrected chi connectivity index (χ0v) is 14.1. The minimum absolute atomic E-state index is 0.0160. The number of benzene rings is 1. The molecule has 0 saturated carbocycles. The van der Waals surface area contributed by atoms with Crippen LogP contribution in [0, 0.1) is 0 Å². The average molecular weight is 343 g/mol. The molecule has 0 aromatic heterocycles. The number of rotatable bonds is 8. The van der Waals surface area contributed by atoms with E-state index in [9.17, 15) is 18.0 Å². The normalized spacial score (nSPS) is 12.0. The smallest absolute Gasteiger partial charge is 0.309 e. The van der Waals surface area contributed by atoms with Crippen molar-refractivity contribution >= 4 is 22.0 Å². The highest BCUT2D eigenvalue weighted by molar-refractivity contribution is 7.89. The van der Waals surface area contributed by atoms with Crippen LogP contribution in [0.15, 0.2) is 29.2 Å². The number of carbonyl (C=O) groups excluding carboxylic acids is 1. The maximum atomic E-state index is 12.4. The van der Waals surface area contributed by atoms with Crippen LogP contribution in [-0.4, -0.2) is 38.1 Å². The topological polar surface area (TPSA) is 110 Å². The van der Waals surface area contributed by atoms with Gasteiger partial charge in [-0.15, -0.1) is 0 Å². The second-order valence-corrected chi connectivity index (χ2v) is 7.47. The summed E-state index contributed by atoms with van der Waals surface area (Å²) in [5, 5.41) is 8.71. The molecule has 0 radical (unpaired) electrons. The van der Waals surface area contributed by atoms with Crippen molar-refractivity contribution in [2.45, 2.75) is 43.5 Å². The number of carboxylic acid groups (broad SMARTS) is 1. The Balaban J connectivity index is 2.93. The monoisotopic (exact) mass is 343 g/mol. The molecule has 0 unspecified atom stereocenters. The van der Waals surface area contributed by atoms with Crippen LogP contribution in [0.1, 0.15) is 32.3 Å². The molecule has 2 N–H and O–H groups in total. The first-order chi connectivity index (χ1) is 10.6. The highest BCUT2D eigenvalue weighted by Gasteiger charge is 2.27. The lowest BCUT2D eigenvalue weighted by Gasteiger charge is -2.25. The number of sulfonamides is 1. The molecule has 0 aliphatic carbocycles. The van der Waals surface area contributed by atoms with Crippen LogP contribution in [-0.2, 0) is 30.8 Å². The Morgan fingerprint density at radius 2 is 1.96 bits per heavy atom. The molecular weight excluding hydrogens is 322 g/mol. The van der Waals surface area contributed by atoms with E-state index in [1.807, 2.05) is 0 Å². The van der Waals surface area contributed by atoms with Gasteiger partial charge in [0.25, 0.3) is 0 Å². The summed E-state index contributed by atoms with van der Waals surface area (Å²) >= 11 is 0. The standard InChI is InChI=1S/C15H21NO6S/c1-15(2,8-7-13(17)18)16-23(20,21)12-6-4-5-11(9-12)10-14(19)22-3/h4-6,9,16H,7-8,10H2,1-3H3,(H,17,18). The number of ether oxygens (including phenoxy) is 1. The molecule has 0 saturated heterocycles. The van der Waals surface area contributed by atoms with Crippen molar-refractivity contribution in [2.24, 2.45) is 0 Å². The summed E-state index contributed by atoms with van der Waals surface area (Å²) in [5.41, 5.74) is -0.390. The molecule has 0 aliphatic rings. The molecule has 0 amide bonds. The van der Waals surface area contributed by atoms with Crippen molar-refractivity contribution in [1.29, 1.82) is 0 Å². The van der Waals surface area contributed by atoms with E-state index in [2.05, 4.69) is 9.46 Å². The zero-order chi connectivity index (χ0) is 17.7. The Morgan fingerprint density at radius 1 is 1.30 bits per heavy atom. The van der Waals surface area contributed by atoms with Gasteiger partial charge in [0.1, 0.15) is 0 Å². The lowest BCUT2D eigenvalue weighted by atomic mass is 10.0. The van der Waals surface area contributed by atoms with Gasteiger partial charge in [-0.25, -0.2) is 13.1 Å². The first-order valence-electron chi connectivity index (χ1n) is 6.97. The van der Waals surface area contributed by atoms with Crippen LogP contribution < -0.4 is 4.72 Å².